The number of aromatic nitrogens is 3. The van der Waals surface area contributed by atoms with E-state index in [1.807, 2.05) is 49.4 Å². The number of nitrogens with one attached hydrogen (secondary N) is 1. The molecule has 0 amide bonds. The molecule has 0 fully saturated rings. The van der Waals surface area contributed by atoms with Crippen molar-refractivity contribution in [3.8, 4) is 28.6 Å². The van der Waals surface area contributed by atoms with Crippen LogP contribution in [-0.4, -0.2) is 41.9 Å². The van der Waals surface area contributed by atoms with E-state index in [4.69, 9.17) is 26.4 Å². The summed E-state index contributed by atoms with van der Waals surface area (Å²) in [7, 11) is 3.23. The van der Waals surface area contributed by atoms with Gasteiger partial charge >= 0.3 is 0 Å². The molecule has 0 atom stereocenters. The lowest BCUT2D eigenvalue weighted by Gasteiger charge is -2.09. The quantitative estimate of drug-likeness (QED) is 0.494. The standard InChI is InChI=1S/C19H20N4O3S/c1-4-26-16-10-5-13(11-17(16)25-3)12-20-23-18(21-22-19(23)27)14-6-8-15(24-2)9-7-14/h5-12H,4H2,1-3H3,(H,22,27). The molecule has 2 aromatic carbocycles. The van der Waals surface area contributed by atoms with Crippen molar-refractivity contribution in [1.82, 2.24) is 14.9 Å². The van der Waals surface area contributed by atoms with Gasteiger partial charge in [-0.3, -0.25) is 0 Å². The van der Waals surface area contributed by atoms with Crippen LogP contribution in [0.3, 0.4) is 0 Å². The Labute approximate surface area is 162 Å². The predicted octanol–water partition coefficient (Wildman–Crippen LogP) is 3.91. The molecule has 27 heavy (non-hydrogen) atoms. The number of ether oxygens (including phenoxy) is 3. The van der Waals surface area contributed by atoms with Gasteiger partial charge in [0.25, 0.3) is 0 Å². The average Bonchev–Trinajstić information content (AvgIpc) is 3.08. The molecule has 1 aromatic heterocycles. The van der Waals surface area contributed by atoms with Crippen LogP contribution in [-0.2, 0) is 0 Å². The maximum atomic E-state index is 5.53. The van der Waals surface area contributed by atoms with Gasteiger partial charge in [-0.05, 0) is 67.2 Å². The highest BCUT2D eigenvalue weighted by atomic mass is 32.1. The van der Waals surface area contributed by atoms with Gasteiger partial charge in [0.05, 0.1) is 27.0 Å². The lowest BCUT2D eigenvalue weighted by molar-refractivity contribution is 0.311. The molecule has 3 rings (SSSR count). The Kier molecular flexibility index (Phi) is 5.87. The van der Waals surface area contributed by atoms with Crippen molar-refractivity contribution in [3.05, 3.63) is 52.8 Å². The van der Waals surface area contributed by atoms with Crippen molar-refractivity contribution in [1.29, 1.82) is 0 Å². The summed E-state index contributed by atoms with van der Waals surface area (Å²) in [6.45, 7) is 2.50. The van der Waals surface area contributed by atoms with Gasteiger partial charge in [-0.15, -0.1) is 0 Å². The van der Waals surface area contributed by atoms with E-state index in [1.54, 1.807) is 25.1 Å². The maximum absolute atomic E-state index is 5.53. The smallest absolute Gasteiger partial charge is 0.216 e. The second-order valence-corrected chi connectivity index (χ2v) is 5.87. The van der Waals surface area contributed by atoms with Crippen molar-refractivity contribution in [2.24, 2.45) is 5.10 Å². The first-order valence-electron chi connectivity index (χ1n) is 8.33. The number of aromatic amines is 1. The maximum Gasteiger partial charge on any atom is 0.216 e. The zero-order chi connectivity index (χ0) is 19.2. The van der Waals surface area contributed by atoms with Crippen LogP contribution in [0.1, 0.15) is 12.5 Å². The van der Waals surface area contributed by atoms with Gasteiger partial charge in [0, 0.05) is 5.56 Å². The van der Waals surface area contributed by atoms with Crippen molar-refractivity contribution < 1.29 is 14.2 Å². The molecule has 0 saturated carbocycles. The molecular formula is C19H20N4O3S. The number of H-pyrrole nitrogens is 1. The van der Waals surface area contributed by atoms with Gasteiger partial charge in [0.1, 0.15) is 5.75 Å². The Hall–Kier alpha value is -3.13. The van der Waals surface area contributed by atoms with E-state index in [-0.39, 0.29) is 0 Å². The highest BCUT2D eigenvalue weighted by molar-refractivity contribution is 7.71. The summed E-state index contributed by atoms with van der Waals surface area (Å²) >= 11 is 5.30. The number of benzene rings is 2. The monoisotopic (exact) mass is 384 g/mol. The Morgan fingerprint density at radius 2 is 1.89 bits per heavy atom. The van der Waals surface area contributed by atoms with Crippen LogP contribution in [0.4, 0.5) is 0 Å². The van der Waals surface area contributed by atoms with Gasteiger partial charge < -0.3 is 14.2 Å². The van der Waals surface area contributed by atoms with Crippen molar-refractivity contribution >= 4 is 18.4 Å². The number of hydrogen-bond donors (Lipinski definition) is 1. The first-order chi connectivity index (χ1) is 13.2. The summed E-state index contributed by atoms with van der Waals surface area (Å²) in [6.07, 6.45) is 1.69. The number of nitrogens with zero attached hydrogens (tertiary/aromatic N) is 3. The normalized spacial score (nSPS) is 10.9. The third-order valence-electron chi connectivity index (χ3n) is 3.81. The second-order valence-electron chi connectivity index (χ2n) is 5.48. The number of hydrogen-bond acceptors (Lipinski definition) is 6. The van der Waals surface area contributed by atoms with E-state index in [2.05, 4.69) is 15.3 Å². The van der Waals surface area contributed by atoms with Crippen molar-refractivity contribution in [2.45, 2.75) is 6.92 Å². The van der Waals surface area contributed by atoms with E-state index >= 15 is 0 Å². The zero-order valence-electron chi connectivity index (χ0n) is 15.3. The fourth-order valence-corrected chi connectivity index (χ4v) is 2.67. The van der Waals surface area contributed by atoms with E-state index in [9.17, 15) is 0 Å². The lowest BCUT2D eigenvalue weighted by atomic mass is 10.2. The lowest BCUT2D eigenvalue weighted by Crippen LogP contribution is -1.98. The van der Waals surface area contributed by atoms with E-state index in [0.717, 1.165) is 16.9 Å². The van der Waals surface area contributed by atoms with Crippen molar-refractivity contribution in [2.75, 3.05) is 20.8 Å². The minimum atomic E-state index is 0.398. The molecule has 140 valence electrons. The van der Waals surface area contributed by atoms with Crippen molar-refractivity contribution in [3.63, 3.8) is 0 Å². The fraction of sp³-hybridized carbons (Fsp3) is 0.211. The molecule has 0 aliphatic rings. The van der Waals surface area contributed by atoms with Gasteiger partial charge in [0.15, 0.2) is 17.3 Å². The van der Waals surface area contributed by atoms with Gasteiger partial charge in [-0.2, -0.15) is 14.9 Å². The summed E-state index contributed by atoms with van der Waals surface area (Å²) < 4.78 is 18.1. The third-order valence-corrected chi connectivity index (χ3v) is 4.07. The van der Waals surface area contributed by atoms with Crippen LogP contribution in [0.2, 0.25) is 0 Å². The molecule has 1 N–H and O–H groups in total. The molecule has 3 aromatic rings. The molecule has 0 bridgehead atoms. The fourth-order valence-electron chi connectivity index (χ4n) is 2.49. The molecule has 7 nitrogen and oxygen atoms in total. The summed E-state index contributed by atoms with van der Waals surface area (Å²) in [5.41, 5.74) is 1.71. The molecule has 0 spiro atoms. The molecule has 8 heteroatoms. The summed E-state index contributed by atoms with van der Waals surface area (Å²) in [5.74, 6) is 2.71. The molecule has 0 saturated heterocycles. The molecule has 0 radical (unpaired) electrons. The topological polar surface area (TPSA) is 73.7 Å². The Bertz CT molecular complexity index is 993. The Morgan fingerprint density at radius 1 is 1.11 bits per heavy atom. The van der Waals surface area contributed by atoms with Crippen LogP contribution in [0, 0.1) is 4.77 Å². The summed E-state index contributed by atoms with van der Waals surface area (Å²) in [4.78, 5) is 0. The second kappa shape index (κ2) is 8.50. The van der Waals surface area contributed by atoms with E-state index in [0.29, 0.717) is 28.7 Å². The molecule has 0 unspecified atom stereocenters. The third kappa shape index (κ3) is 4.17. The first kappa shape index (κ1) is 18.7. The Morgan fingerprint density at radius 3 is 2.56 bits per heavy atom. The minimum Gasteiger partial charge on any atom is -0.497 e. The summed E-state index contributed by atoms with van der Waals surface area (Å²) in [6, 6.07) is 13.1. The molecule has 0 aliphatic heterocycles. The van der Waals surface area contributed by atoms with E-state index in [1.165, 1.54) is 0 Å². The minimum absolute atomic E-state index is 0.398. The summed E-state index contributed by atoms with van der Waals surface area (Å²) in [5, 5.41) is 11.5. The molecule has 1 heterocycles. The predicted molar refractivity (Wildman–Crippen MR) is 107 cm³/mol. The zero-order valence-corrected chi connectivity index (χ0v) is 16.1. The molecule has 0 aliphatic carbocycles. The van der Waals surface area contributed by atoms with E-state index < -0.39 is 0 Å². The van der Waals surface area contributed by atoms with Crippen LogP contribution in [0.5, 0.6) is 17.2 Å². The number of methoxy groups -OCH3 is 2. The highest BCUT2D eigenvalue weighted by Crippen LogP contribution is 2.27. The average molecular weight is 384 g/mol. The van der Waals surface area contributed by atoms with Gasteiger partial charge in [-0.25, -0.2) is 5.10 Å². The Balaban J connectivity index is 1.91. The largest absolute Gasteiger partial charge is 0.497 e. The van der Waals surface area contributed by atoms with Crippen LogP contribution >= 0.6 is 12.2 Å². The highest BCUT2D eigenvalue weighted by Gasteiger charge is 2.09. The van der Waals surface area contributed by atoms with Gasteiger partial charge in [-0.1, -0.05) is 0 Å². The first-order valence-corrected chi connectivity index (χ1v) is 8.74. The molecular weight excluding hydrogens is 364 g/mol. The van der Waals surface area contributed by atoms with Crippen LogP contribution in [0.15, 0.2) is 47.6 Å². The van der Waals surface area contributed by atoms with Crippen LogP contribution < -0.4 is 14.2 Å². The van der Waals surface area contributed by atoms with Gasteiger partial charge in [0.2, 0.25) is 4.77 Å². The SMILES string of the molecule is CCOc1ccc(C=Nn2c(-c3ccc(OC)cc3)n[nH]c2=S)cc1OC. The number of rotatable bonds is 7. The van der Waals surface area contributed by atoms with Crippen LogP contribution in [0.25, 0.3) is 11.4 Å².